The first-order valence-electron chi connectivity index (χ1n) is 6.24. The van der Waals surface area contributed by atoms with Gasteiger partial charge in [0.2, 0.25) is 5.95 Å². The van der Waals surface area contributed by atoms with Crippen molar-refractivity contribution in [3.05, 3.63) is 6.33 Å². The number of fused-ring (bicyclic) bond motifs is 1. The SMILES string of the molecule is COC(CNc1nc2ncnc(N)c2[nH]1)OC.O=C(O)C(F)(F)F. The van der Waals surface area contributed by atoms with Crippen molar-refractivity contribution in [1.82, 2.24) is 19.9 Å². The van der Waals surface area contributed by atoms with Crippen molar-refractivity contribution in [2.45, 2.75) is 12.5 Å². The van der Waals surface area contributed by atoms with Crippen LogP contribution in [0.3, 0.4) is 0 Å². The molecule has 0 aliphatic rings. The van der Waals surface area contributed by atoms with Crippen molar-refractivity contribution in [2.24, 2.45) is 0 Å². The van der Waals surface area contributed by atoms with Crippen LogP contribution in [0, 0.1) is 0 Å². The van der Waals surface area contributed by atoms with E-state index in [1.54, 1.807) is 14.2 Å². The molecule has 0 aliphatic heterocycles. The van der Waals surface area contributed by atoms with Crippen LogP contribution in [-0.2, 0) is 14.3 Å². The normalized spacial score (nSPS) is 11.2. The van der Waals surface area contributed by atoms with Gasteiger partial charge < -0.3 is 30.6 Å². The molecule has 24 heavy (non-hydrogen) atoms. The van der Waals surface area contributed by atoms with E-state index in [0.29, 0.717) is 29.5 Å². The zero-order valence-corrected chi connectivity index (χ0v) is 12.6. The summed E-state index contributed by atoms with van der Waals surface area (Å²) in [7, 11) is 3.13. The lowest BCUT2D eigenvalue weighted by atomic mass is 10.5. The second kappa shape index (κ2) is 8.26. The third kappa shape index (κ3) is 5.51. The van der Waals surface area contributed by atoms with E-state index in [1.165, 1.54) is 6.33 Å². The van der Waals surface area contributed by atoms with Gasteiger partial charge in [-0.1, -0.05) is 0 Å². The number of ether oxygens (including phenoxy) is 2. The largest absolute Gasteiger partial charge is 0.490 e. The number of anilines is 2. The van der Waals surface area contributed by atoms with Gasteiger partial charge in [-0.3, -0.25) is 0 Å². The molecule has 5 N–H and O–H groups in total. The Morgan fingerprint density at radius 2 is 2.00 bits per heavy atom. The molecule has 0 spiro atoms. The molecule has 0 amide bonds. The number of nitrogens with zero attached hydrogens (tertiary/aromatic N) is 3. The predicted molar refractivity (Wildman–Crippen MR) is 76.1 cm³/mol. The van der Waals surface area contributed by atoms with Crippen LogP contribution in [0.2, 0.25) is 0 Å². The summed E-state index contributed by atoms with van der Waals surface area (Å²) in [6.07, 6.45) is -4.05. The monoisotopic (exact) mass is 352 g/mol. The lowest BCUT2D eigenvalue weighted by Crippen LogP contribution is -2.23. The van der Waals surface area contributed by atoms with E-state index in [-0.39, 0.29) is 6.29 Å². The number of H-pyrrole nitrogens is 1. The number of hydrogen-bond acceptors (Lipinski definition) is 8. The highest BCUT2D eigenvalue weighted by Gasteiger charge is 2.38. The number of methoxy groups -OCH3 is 2. The molecular weight excluding hydrogens is 337 g/mol. The Morgan fingerprint density at radius 1 is 1.42 bits per heavy atom. The molecule has 0 unspecified atom stereocenters. The number of halogens is 3. The van der Waals surface area contributed by atoms with E-state index in [9.17, 15) is 13.2 Å². The molecule has 2 aromatic heterocycles. The third-order valence-corrected chi connectivity index (χ3v) is 2.52. The summed E-state index contributed by atoms with van der Waals surface area (Å²) in [5, 5.41) is 10.1. The number of alkyl halides is 3. The lowest BCUT2D eigenvalue weighted by Gasteiger charge is -2.13. The summed E-state index contributed by atoms with van der Waals surface area (Å²) in [5.41, 5.74) is 6.81. The van der Waals surface area contributed by atoms with Gasteiger partial charge in [0.15, 0.2) is 17.8 Å². The fourth-order valence-electron chi connectivity index (χ4n) is 1.37. The molecule has 0 saturated heterocycles. The molecule has 0 atom stereocenters. The van der Waals surface area contributed by atoms with Gasteiger partial charge in [0.1, 0.15) is 11.8 Å². The Bertz CT molecular complexity index is 673. The standard InChI is InChI=1S/C9H14N6O2.C2HF3O2/c1-16-5(17-2)3-11-9-14-6-7(10)12-4-13-8(6)15-9;3-2(4,5)1(6)7/h4-5H,3H2,1-2H3,(H4,10,11,12,13,14,15);(H,6,7). The number of aromatic nitrogens is 4. The van der Waals surface area contributed by atoms with Crippen LogP contribution >= 0.6 is 0 Å². The summed E-state index contributed by atoms with van der Waals surface area (Å²) in [4.78, 5) is 23.9. The zero-order chi connectivity index (χ0) is 18.3. The highest BCUT2D eigenvalue weighted by molar-refractivity contribution is 5.82. The van der Waals surface area contributed by atoms with E-state index in [0.717, 1.165) is 0 Å². The fourth-order valence-corrected chi connectivity index (χ4v) is 1.37. The Hall–Kier alpha value is -2.67. The number of hydrogen-bond donors (Lipinski definition) is 4. The molecule has 10 nitrogen and oxygen atoms in total. The van der Waals surface area contributed by atoms with Crippen LogP contribution < -0.4 is 11.1 Å². The molecule has 0 saturated carbocycles. The first kappa shape index (κ1) is 19.4. The molecule has 0 bridgehead atoms. The summed E-state index contributed by atoms with van der Waals surface area (Å²) in [6.45, 7) is 0.458. The summed E-state index contributed by atoms with van der Waals surface area (Å²) in [5.74, 6) is -1.84. The van der Waals surface area contributed by atoms with Crippen LogP contribution in [0.25, 0.3) is 11.2 Å². The maximum atomic E-state index is 10.6. The Labute approximate surface area is 133 Å². The number of carboxylic acids is 1. The second-order valence-corrected chi connectivity index (χ2v) is 4.13. The third-order valence-electron chi connectivity index (χ3n) is 2.52. The summed E-state index contributed by atoms with van der Waals surface area (Å²) in [6, 6.07) is 0. The van der Waals surface area contributed by atoms with E-state index >= 15 is 0 Å². The maximum Gasteiger partial charge on any atom is 0.490 e. The van der Waals surface area contributed by atoms with E-state index < -0.39 is 12.1 Å². The van der Waals surface area contributed by atoms with Crippen LogP contribution in [0.1, 0.15) is 0 Å². The molecule has 0 aromatic carbocycles. The number of carbonyl (C=O) groups is 1. The number of rotatable bonds is 5. The highest BCUT2D eigenvalue weighted by atomic mass is 19.4. The predicted octanol–water partition coefficient (Wildman–Crippen LogP) is 0.599. The van der Waals surface area contributed by atoms with Gasteiger partial charge in [0.05, 0.1) is 6.54 Å². The summed E-state index contributed by atoms with van der Waals surface area (Å²) >= 11 is 0. The number of imidazole rings is 1. The van der Waals surface area contributed by atoms with Crippen LogP contribution in [0.5, 0.6) is 0 Å². The molecule has 0 radical (unpaired) electrons. The van der Waals surface area contributed by atoms with Crippen molar-refractivity contribution >= 4 is 28.9 Å². The topological polar surface area (TPSA) is 148 Å². The average Bonchev–Trinajstić information content (AvgIpc) is 2.92. The van der Waals surface area contributed by atoms with Crippen molar-refractivity contribution < 1.29 is 32.5 Å². The summed E-state index contributed by atoms with van der Waals surface area (Å²) < 4.78 is 41.8. The number of aromatic amines is 1. The lowest BCUT2D eigenvalue weighted by molar-refractivity contribution is -0.192. The number of nitrogens with one attached hydrogen (secondary N) is 2. The number of carboxylic acid groups (broad SMARTS) is 1. The van der Waals surface area contributed by atoms with Crippen molar-refractivity contribution in [2.75, 3.05) is 31.8 Å². The number of aliphatic carboxylic acids is 1. The van der Waals surface area contributed by atoms with Gasteiger partial charge >= 0.3 is 12.1 Å². The molecule has 13 heteroatoms. The molecule has 0 aliphatic carbocycles. The molecule has 134 valence electrons. The van der Waals surface area contributed by atoms with Gasteiger partial charge in [0.25, 0.3) is 0 Å². The average molecular weight is 352 g/mol. The smallest absolute Gasteiger partial charge is 0.475 e. The molecule has 2 heterocycles. The molecule has 2 rings (SSSR count). The molecule has 0 fully saturated rings. The first-order chi connectivity index (χ1) is 11.2. The van der Waals surface area contributed by atoms with E-state index in [2.05, 4.69) is 25.3 Å². The minimum Gasteiger partial charge on any atom is -0.475 e. The van der Waals surface area contributed by atoms with Gasteiger partial charge in [-0.25, -0.2) is 14.8 Å². The van der Waals surface area contributed by atoms with E-state index in [1.807, 2.05) is 0 Å². The zero-order valence-electron chi connectivity index (χ0n) is 12.6. The Kier molecular flexibility index (Phi) is 6.67. The minimum absolute atomic E-state index is 0.341. The van der Waals surface area contributed by atoms with Gasteiger partial charge in [-0.05, 0) is 0 Å². The minimum atomic E-state index is -5.08. The van der Waals surface area contributed by atoms with Gasteiger partial charge in [0, 0.05) is 14.2 Å². The van der Waals surface area contributed by atoms with Crippen molar-refractivity contribution in [1.29, 1.82) is 0 Å². The van der Waals surface area contributed by atoms with Gasteiger partial charge in [-0.15, -0.1) is 0 Å². The van der Waals surface area contributed by atoms with Crippen molar-refractivity contribution in [3.63, 3.8) is 0 Å². The van der Waals surface area contributed by atoms with Gasteiger partial charge in [-0.2, -0.15) is 18.2 Å². The number of nitrogen functional groups attached to an aromatic ring is 1. The Morgan fingerprint density at radius 3 is 2.46 bits per heavy atom. The van der Waals surface area contributed by atoms with Crippen LogP contribution in [0.4, 0.5) is 24.9 Å². The Balaban J connectivity index is 0.000000351. The second-order valence-electron chi connectivity index (χ2n) is 4.13. The maximum absolute atomic E-state index is 10.6. The molecular formula is C11H15F3N6O4. The van der Waals surface area contributed by atoms with Crippen LogP contribution in [0.15, 0.2) is 6.33 Å². The van der Waals surface area contributed by atoms with Crippen LogP contribution in [-0.4, -0.2) is 64.2 Å². The van der Waals surface area contributed by atoms with Crippen molar-refractivity contribution in [3.8, 4) is 0 Å². The quantitative estimate of drug-likeness (QED) is 0.567. The highest BCUT2D eigenvalue weighted by Crippen LogP contribution is 2.15. The molecule has 2 aromatic rings. The fraction of sp³-hybridized carbons (Fsp3) is 0.455. The number of nitrogens with two attached hydrogens (primary N) is 1. The van der Waals surface area contributed by atoms with E-state index in [4.69, 9.17) is 25.1 Å². The first-order valence-corrected chi connectivity index (χ1v) is 6.24.